The van der Waals surface area contributed by atoms with Gasteiger partial charge in [-0.2, -0.15) is 0 Å². The Labute approximate surface area is 213 Å². The maximum atomic E-state index is 13.8. The summed E-state index contributed by atoms with van der Waals surface area (Å²) in [4.78, 5) is 16.4. The van der Waals surface area contributed by atoms with Crippen LogP contribution in [0, 0.1) is 40.4 Å². The average molecular weight is 486 g/mol. The van der Waals surface area contributed by atoms with E-state index in [9.17, 15) is 4.79 Å². The van der Waals surface area contributed by atoms with Crippen LogP contribution in [0.4, 0.5) is 0 Å². The highest BCUT2D eigenvalue weighted by Gasteiger charge is 2.49. The van der Waals surface area contributed by atoms with Crippen LogP contribution in [-0.2, 0) is 4.79 Å². The molecule has 4 saturated carbocycles. The lowest BCUT2D eigenvalue weighted by atomic mass is 9.65. The quantitative estimate of drug-likeness (QED) is 0.316. The van der Waals surface area contributed by atoms with Crippen molar-refractivity contribution in [3.63, 3.8) is 0 Å². The first-order valence-corrected chi connectivity index (χ1v) is 15.1. The van der Waals surface area contributed by atoms with Crippen LogP contribution in [0.15, 0.2) is 0 Å². The Kier molecular flexibility index (Phi) is 8.08. The van der Waals surface area contributed by atoms with Crippen molar-refractivity contribution in [2.75, 3.05) is 19.6 Å². The number of nitrogens with two attached hydrogens (primary N) is 2. The van der Waals surface area contributed by atoms with Crippen LogP contribution in [0.3, 0.4) is 0 Å². The molecule has 1 aliphatic heterocycles. The van der Waals surface area contributed by atoms with Gasteiger partial charge in [-0.15, -0.1) is 0 Å². The molecule has 5 rings (SSSR count). The van der Waals surface area contributed by atoms with Gasteiger partial charge >= 0.3 is 0 Å². The Hall–Kier alpha value is -1.14. The van der Waals surface area contributed by atoms with E-state index in [0.717, 1.165) is 69.4 Å². The molecule has 5 fully saturated rings. The Morgan fingerprint density at radius 1 is 0.914 bits per heavy atom. The van der Waals surface area contributed by atoms with Crippen molar-refractivity contribution in [3.05, 3.63) is 0 Å². The zero-order chi connectivity index (χ0) is 24.4. The summed E-state index contributed by atoms with van der Waals surface area (Å²) in [6.45, 7) is 2.50. The second kappa shape index (κ2) is 11.1. The standard InChI is InChI=1S/C29H51N5O/c30-18-29(13-4-1-5-14-29)19-33-28(35)26-15-21-11-12-22(27(31)32)16-25(21)34(26)17-23-9-6-8-20-7-2-3-10-24(20)23/h20-26H,1-19,30H2,(H3,31,32)(H,33,35). The first-order valence-electron chi connectivity index (χ1n) is 15.1. The number of amides is 1. The van der Waals surface area contributed by atoms with E-state index in [1.54, 1.807) is 0 Å². The number of likely N-dealkylation sites (tertiary alicyclic amines) is 1. The van der Waals surface area contributed by atoms with Crippen molar-refractivity contribution in [1.29, 1.82) is 5.41 Å². The van der Waals surface area contributed by atoms with Crippen LogP contribution in [0.25, 0.3) is 0 Å². The predicted molar refractivity (Wildman–Crippen MR) is 142 cm³/mol. The molecule has 198 valence electrons. The molecule has 4 aliphatic carbocycles. The first kappa shape index (κ1) is 25.5. The lowest BCUT2D eigenvalue weighted by molar-refractivity contribution is -0.127. The third kappa shape index (κ3) is 5.44. The summed E-state index contributed by atoms with van der Waals surface area (Å²) in [7, 11) is 0. The molecule has 1 saturated heterocycles. The van der Waals surface area contributed by atoms with E-state index >= 15 is 0 Å². The van der Waals surface area contributed by atoms with Gasteiger partial charge in [0.15, 0.2) is 0 Å². The van der Waals surface area contributed by atoms with E-state index in [4.69, 9.17) is 16.9 Å². The van der Waals surface area contributed by atoms with Crippen molar-refractivity contribution >= 4 is 11.7 Å². The molecule has 6 N–H and O–H groups in total. The summed E-state index contributed by atoms with van der Waals surface area (Å²) in [5.74, 6) is 3.86. The zero-order valence-corrected chi connectivity index (χ0v) is 22.0. The van der Waals surface area contributed by atoms with Crippen LogP contribution in [-0.4, -0.2) is 48.4 Å². The summed E-state index contributed by atoms with van der Waals surface area (Å²) >= 11 is 0. The van der Waals surface area contributed by atoms with Crippen LogP contribution in [0.2, 0.25) is 0 Å². The molecule has 35 heavy (non-hydrogen) atoms. The Morgan fingerprint density at radius 3 is 2.46 bits per heavy atom. The second-order valence-corrected chi connectivity index (χ2v) is 13.1. The van der Waals surface area contributed by atoms with E-state index in [0.29, 0.717) is 24.3 Å². The number of amidine groups is 1. The van der Waals surface area contributed by atoms with Gasteiger partial charge in [0.05, 0.1) is 11.9 Å². The summed E-state index contributed by atoms with van der Waals surface area (Å²) in [5, 5.41) is 11.5. The van der Waals surface area contributed by atoms with Crippen LogP contribution in [0.1, 0.15) is 103 Å². The number of nitrogens with one attached hydrogen (secondary N) is 2. The number of hydrogen-bond donors (Lipinski definition) is 4. The fourth-order valence-electron chi connectivity index (χ4n) is 9.06. The van der Waals surface area contributed by atoms with Gasteiger partial charge in [-0.3, -0.25) is 15.1 Å². The van der Waals surface area contributed by atoms with E-state index < -0.39 is 0 Å². The lowest BCUT2D eigenvalue weighted by Crippen LogP contribution is -2.53. The van der Waals surface area contributed by atoms with E-state index in [2.05, 4.69) is 10.2 Å². The molecule has 0 aromatic carbocycles. The molecule has 0 bridgehead atoms. The molecule has 0 spiro atoms. The molecular formula is C29H51N5O. The number of carbonyl (C=O) groups is 1. The molecule has 1 heterocycles. The maximum Gasteiger partial charge on any atom is 0.237 e. The topological polar surface area (TPSA) is 108 Å². The van der Waals surface area contributed by atoms with E-state index in [1.807, 2.05) is 0 Å². The van der Waals surface area contributed by atoms with Gasteiger partial charge in [0.1, 0.15) is 0 Å². The third-order valence-electron chi connectivity index (χ3n) is 11.2. The number of carbonyl (C=O) groups excluding carboxylic acids is 1. The summed E-state index contributed by atoms with van der Waals surface area (Å²) < 4.78 is 0. The second-order valence-electron chi connectivity index (χ2n) is 13.1. The lowest BCUT2D eigenvalue weighted by Gasteiger charge is -2.45. The highest BCUT2D eigenvalue weighted by Crippen LogP contribution is 2.47. The molecule has 5 aliphatic rings. The van der Waals surface area contributed by atoms with Gasteiger partial charge in [-0.1, -0.05) is 51.4 Å². The summed E-state index contributed by atoms with van der Waals surface area (Å²) in [5.41, 5.74) is 12.3. The molecular weight excluding hydrogens is 434 g/mol. The van der Waals surface area contributed by atoms with Crippen molar-refractivity contribution < 1.29 is 4.79 Å². The van der Waals surface area contributed by atoms with Crippen molar-refractivity contribution in [3.8, 4) is 0 Å². The SMILES string of the molecule is N=C(N)C1CCC2CC(C(=O)NCC3(CN)CCCCC3)N(CC3CCCC4CCCCC43)C2C1. The number of rotatable bonds is 7. The molecule has 6 nitrogen and oxygen atoms in total. The van der Waals surface area contributed by atoms with Crippen LogP contribution >= 0.6 is 0 Å². The minimum absolute atomic E-state index is 0.0157. The van der Waals surface area contributed by atoms with E-state index in [-0.39, 0.29) is 23.3 Å². The highest BCUT2D eigenvalue weighted by molar-refractivity contribution is 5.82. The normalized spacial score (nSPS) is 39.4. The Morgan fingerprint density at radius 2 is 1.69 bits per heavy atom. The number of hydrogen-bond acceptors (Lipinski definition) is 4. The predicted octanol–water partition coefficient (Wildman–Crippen LogP) is 4.41. The molecule has 0 aromatic rings. The van der Waals surface area contributed by atoms with Gasteiger partial charge in [0, 0.05) is 25.0 Å². The van der Waals surface area contributed by atoms with Crippen molar-refractivity contribution in [2.45, 2.75) is 115 Å². The molecule has 0 radical (unpaired) electrons. The van der Waals surface area contributed by atoms with E-state index in [1.165, 1.54) is 64.2 Å². The summed E-state index contributed by atoms with van der Waals surface area (Å²) in [6.07, 6.45) is 19.9. The fraction of sp³-hybridized carbons (Fsp3) is 0.931. The maximum absolute atomic E-state index is 13.8. The van der Waals surface area contributed by atoms with Gasteiger partial charge in [-0.05, 0) is 87.0 Å². The molecule has 1 amide bonds. The van der Waals surface area contributed by atoms with Gasteiger partial charge in [0.2, 0.25) is 5.91 Å². The largest absolute Gasteiger partial charge is 0.387 e. The molecule has 6 heteroatoms. The van der Waals surface area contributed by atoms with Crippen LogP contribution in [0.5, 0.6) is 0 Å². The highest BCUT2D eigenvalue weighted by atomic mass is 16.2. The monoisotopic (exact) mass is 485 g/mol. The number of fused-ring (bicyclic) bond motifs is 2. The van der Waals surface area contributed by atoms with Gasteiger partial charge in [-0.25, -0.2) is 0 Å². The Bertz CT molecular complexity index is 747. The van der Waals surface area contributed by atoms with Gasteiger partial charge < -0.3 is 16.8 Å². The fourth-order valence-corrected chi connectivity index (χ4v) is 9.06. The van der Waals surface area contributed by atoms with Crippen LogP contribution < -0.4 is 16.8 Å². The minimum atomic E-state index is -0.0157. The van der Waals surface area contributed by atoms with Crippen molar-refractivity contribution in [1.82, 2.24) is 10.2 Å². The smallest absolute Gasteiger partial charge is 0.237 e. The first-order chi connectivity index (χ1) is 17.0. The Balaban J connectivity index is 1.31. The van der Waals surface area contributed by atoms with Gasteiger partial charge in [0.25, 0.3) is 0 Å². The number of nitrogens with zero attached hydrogens (tertiary/aromatic N) is 1. The van der Waals surface area contributed by atoms with Crippen molar-refractivity contribution in [2.24, 2.45) is 46.5 Å². The molecule has 7 unspecified atom stereocenters. The molecule has 0 aromatic heterocycles. The zero-order valence-electron chi connectivity index (χ0n) is 22.0. The minimum Gasteiger partial charge on any atom is -0.387 e. The summed E-state index contributed by atoms with van der Waals surface area (Å²) in [6, 6.07) is 0.397. The average Bonchev–Trinajstić information content (AvgIpc) is 3.25. The molecule has 7 atom stereocenters. The third-order valence-corrected chi connectivity index (χ3v) is 11.2.